The fourth-order valence-electron chi connectivity index (χ4n) is 3.44. The van der Waals surface area contributed by atoms with E-state index in [4.69, 9.17) is 4.74 Å². The average Bonchev–Trinajstić information content (AvgIpc) is 2.48. The number of ether oxygens (including phenoxy) is 1. The Morgan fingerprint density at radius 1 is 1.17 bits per heavy atom. The second kappa shape index (κ2) is 7.56. The van der Waals surface area contributed by atoms with Crippen molar-refractivity contribution in [2.75, 3.05) is 0 Å². The molecule has 0 saturated carbocycles. The summed E-state index contributed by atoms with van der Waals surface area (Å²) in [5.74, 6) is 0.518. The SMILES string of the molecule is C[C@@H]1C[C@H](NC(=O)OC(C)(C)C)[C@@H](C)N(Cc2ccccc2)[C@H]1C. The molecule has 4 nitrogen and oxygen atoms in total. The Bertz CT molecular complexity index is 538. The van der Waals surface area contributed by atoms with Crippen LogP contribution in [0.3, 0.4) is 0 Å². The highest BCUT2D eigenvalue weighted by Gasteiger charge is 2.37. The minimum Gasteiger partial charge on any atom is -0.444 e. The standard InChI is InChI=1S/C20H32N2O2/c1-14-12-18(21-19(23)24-20(4,5)6)16(3)22(15(14)2)13-17-10-8-7-9-11-17/h7-11,14-16,18H,12-13H2,1-6H3,(H,21,23)/t14-,15+,16-,18+/m1/s1. The number of amides is 1. The van der Waals surface area contributed by atoms with E-state index in [1.54, 1.807) is 0 Å². The van der Waals surface area contributed by atoms with Gasteiger partial charge in [0.25, 0.3) is 0 Å². The first-order chi connectivity index (χ1) is 11.2. The van der Waals surface area contributed by atoms with Crippen molar-refractivity contribution < 1.29 is 9.53 Å². The molecule has 0 radical (unpaired) electrons. The topological polar surface area (TPSA) is 41.6 Å². The predicted octanol–water partition coefficient (Wildman–Crippen LogP) is 4.20. The Balaban J connectivity index is 2.07. The first kappa shape index (κ1) is 18.8. The van der Waals surface area contributed by atoms with Gasteiger partial charge in [-0.2, -0.15) is 0 Å². The van der Waals surface area contributed by atoms with E-state index in [0.29, 0.717) is 12.0 Å². The number of piperidine rings is 1. The number of likely N-dealkylation sites (tertiary alicyclic amines) is 1. The normalized spacial score (nSPS) is 28.4. The number of benzene rings is 1. The molecule has 0 spiro atoms. The average molecular weight is 332 g/mol. The molecular formula is C20H32N2O2. The lowest BCUT2D eigenvalue weighted by atomic mass is 9.84. The zero-order valence-electron chi connectivity index (χ0n) is 15.9. The maximum atomic E-state index is 12.2. The van der Waals surface area contributed by atoms with Crippen LogP contribution in [0.25, 0.3) is 0 Å². The number of nitrogens with zero attached hydrogens (tertiary/aromatic N) is 1. The lowest BCUT2D eigenvalue weighted by molar-refractivity contribution is 0.0161. The highest BCUT2D eigenvalue weighted by atomic mass is 16.6. The van der Waals surface area contributed by atoms with Crippen molar-refractivity contribution in [1.29, 1.82) is 0 Å². The van der Waals surface area contributed by atoms with Gasteiger partial charge in [-0.1, -0.05) is 37.3 Å². The maximum absolute atomic E-state index is 12.2. The van der Waals surface area contributed by atoms with Gasteiger partial charge in [0, 0.05) is 24.7 Å². The molecule has 1 aromatic rings. The minimum atomic E-state index is -0.468. The largest absolute Gasteiger partial charge is 0.444 e. The molecule has 1 aliphatic heterocycles. The third-order valence-electron chi connectivity index (χ3n) is 4.99. The number of hydrogen-bond acceptors (Lipinski definition) is 3. The summed E-state index contributed by atoms with van der Waals surface area (Å²) in [6.07, 6.45) is 0.660. The highest BCUT2D eigenvalue weighted by molar-refractivity contribution is 5.68. The number of hydrogen-bond donors (Lipinski definition) is 1. The molecule has 1 aromatic carbocycles. The molecule has 4 atom stereocenters. The third-order valence-corrected chi connectivity index (χ3v) is 4.99. The Morgan fingerprint density at radius 2 is 1.79 bits per heavy atom. The van der Waals surface area contributed by atoms with Gasteiger partial charge in [0.05, 0.1) is 0 Å². The molecule has 24 heavy (non-hydrogen) atoms. The van der Waals surface area contributed by atoms with E-state index < -0.39 is 5.60 Å². The molecule has 1 amide bonds. The van der Waals surface area contributed by atoms with E-state index in [1.165, 1.54) is 5.56 Å². The molecule has 4 heteroatoms. The number of rotatable bonds is 3. The molecule has 0 unspecified atom stereocenters. The van der Waals surface area contributed by atoms with E-state index in [-0.39, 0.29) is 18.2 Å². The Morgan fingerprint density at radius 3 is 2.38 bits per heavy atom. The summed E-state index contributed by atoms with van der Waals surface area (Å²) in [6, 6.07) is 11.4. The fraction of sp³-hybridized carbons (Fsp3) is 0.650. The second-order valence-corrected chi connectivity index (χ2v) is 8.10. The zero-order chi connectivity index (χ0) is 17.9. The van der Waals surface area contributed by atoms with E-state index in [9.17, 15) is 4.79 Å². The van der Waals surface area contributed by atoms with E-state index in [1.807, 2.05) is 26.8 Å². The molecule has 1 N–H and O–H groups in total. The predicted molar refractivity (Wildman–Crippen MR) is 97.8 cm³/mol. The number of carbonyl (C=O) groups excluding carboxylic acids is 1. The minimum absolute atomic E-state index is 0.106. The lowest BCUT2D eigenvalue weighted by Crippen LogP contribution is -2.59. The van der Waals surface area contributed by atoms with Gasteiger partial charge in [0.2, 0.25) is 0 Å². The van der Waals surface area contributed by atoms with Crippen LogP contribution >= 0.6 is 0 Å². The summed E-state index contributed by atoms with van der Waals surface area (Å²) in [4.78, 5) is 14.7. The Labute approximate surface area is 146 Å². The molecule has 1 saturated heterocycles. The first-order valence-corrected chi connectivity index (χ1v) is 8.96. The van der Waals surface area contributed by atoms with Crippen LogP contribution < -0.4 is 5.32 Å². The van der Waals surface area contributed by atoms with Crippen LogP contribution in [0, 0.1) is 5.92 Å². The summed E-state index contributed by atoms with van der Waals surface area (Å²) in [5.41, 5.74) is 0.839. The van der Waals surface area contributed by atoms with E-state index >= 15 is 0 Å². The number of nitrogens with one attached hydrogen (secondary N) is 1. The van der Waals surface area contributed by atoms with Crippen molar-refractivity contribution in [3.05, 3.63) is 35.9 Å². The Kier molecular flexibility index (Phi) is 5.92. The van der Waals surface area contributed by atoms with Gasteiger partial charge in [-0.15, -0.1) is 0 Å². The van der Waals surface area contributed by atoms with Gasteiger partial charge >= 0.3 is 6.09 Å². The second-order valence-electron chi connectivity index (χ2n) is 8.10. The van der Waals surface area contributed by atoms with Crippen molar-refractivity contribution in [2.24, 2.45) is 5.92 Å². The lowest BCUT2D eigenvalue weighted by Gasteiger charge is -2.47. The molecule has 2 rings (SSSR count). The van der Waals surface area contributed by atoms with Gasteiger partial charge in [-0.25, -0.2) is 4.79 Å². The molecule has 0 aliphatic carbocycles. The molecule has 1 aliphatic rings. The number of carbonyl (C=O) groups is 1. The van der Waals surface area contributed by atoms with Crippen LogP contribution in [0.2, 0.25) is 0 Å². The van der Waals surface area contributed by atoms with Gasteiger partial charge < -0.3 is 10.1 Å². The van der Waals surface area contributed by atoms with Crippen LogP contribution in [0.4, 0.5) is 4.79 Å². The summed E-state index contributed by atoms with van der Waals surface area (Å²) >= 11 is 0. The fourth-order valence-corrected chi connectivity index (χ4v) is 3.44. The van der Waals surface area contributed by atoms with Crippen LogP contribution in [0.15, 0.2) is 30.3 Å². The molecule has 134 valence electrons. The summed E-state index contributed by atoms with van der Waals surface area (Å²) < 4.78 is 5.44. The number of alkyl carbamates (subject to hydrolysis) is 1. The van der Waals surface area contributed by atoms with Crippen molar-refractivity contribution in [3.8, 4) is 0 Å². The highest BCUT2D eigenvalue weighted by Crippen LogP contribution is 2.29. The van der Waals surface area contributed by atoms with Crippen LogP contribution in [0.1, 0.15) is 53.5 Å². The Hall–Kier alpha value is -1.55. The van der Waals surface area contributed by atoms with Gasteiger partial charge in [-0.3, -0.25) is 4.90 Å². The van der Waals surface area contributed by atoms with E-state index in [2.05, 4.69) is 55.3 Å². The van der Waals surface area contributed by atoms with Crippen LogP contribution in [0.5, 0.6) is 0 Å². The first-order valence-electron chi connectivity index (χ1n) is 8.96. The molecule has 1 heterocycles. The van der Waals surface area contributed by atoms with Crippen LogP contribution in [-0.2, 0) is 11.3 Å². The molecular weight excluding hydrogens is 300 g/mol. The van der Waals surface area contributed by atoms with Crippen molar-refractivity contribution in [2.45, 2.75) is 78.2 Å². The van der Waals surface area contributed by atoms with Crippen LogP contribution in [-0.4, -0.2) is 34.7 Å². The quantitative estimate of drug-likeness (QED) is 0.902. The van der Waals surface area contributed by atoms with Crippen molar-refractivity contribution in [1.82, 2.24) is 10.2 Å². The summed E-state index contributed by atoms with van der Waals surface area (Å²) in [5, 5.41) is 3.09. The van der Waals surface area contributed by atoms with Gasteiger partial charge in [0.1, 0.15) is 5.60 Å². The smallest absolute Gasteiger partial charge is 0.407 e. The van der Waals surface area contributed by atoms with Crippen molar-refractivity contribution in [3.63, 3.8) is 0 Å². The molecule has 0 bridgehead atoms. The zero-order valence-corrected chi connectivity index (χ0v) is 15.9. The van der Waals surface area contributed by atoms with E-state index in [0.717, 1.165) is 13.0 Å². The van der Waals surface area contributed by atoms with Crippen molar-refractivity contribution >= 4 is 6.09 Å². The maximum Gasteiger partial charge on any atom is 0.407 e. The monoisotopic (exact) mass is 332 g/mol. The molecule has 0 aromatic heterocycles. The van der Waals surface area contributed by atoms with Gasteiger partial charge in [0.15, 0.2) is 0 Å². The summed E-state index contributed by atoms with van der Waals surface area (Å²) in [7, 11) is 0. The third kappa shape index (κ3) is 4.97. The summed E-state index contributed by atoms with van der Waals surface area (Å²) in [6.45, 7) is 13.3. The van der Waals surface area contributed by atoms with Gasteiger partial charge in [-0.05, 0) is 52.5 Å². The molecule has 1 fully saturated rings.